The van der Waals surface area contributed by atoms with E-state index in [0.717, 1.165) is 12.0 Å². The van der Waals surface area contributed by atoms with Crippen molar-refractivity contribution in [1.29, 1.82) is 0 Å². The third-order valence-corrected chi connectivity index (χ3v) is 3.58. The second kappa shape index (κ2) is 6.73. The standard InChI is InChI=1S/C15H14Cl2N2O/c1-2-14(10-3-5-11(16)6-4-10)19-15(20)12-9-18-8-7-13(12)17/h3-9,14H,2H2,1H3,(H,19,20). The number of carbonyl (C=O) groups is 1. The van der Waals surface area contributed by atoms with Gasteiger partial charge >= 0.3 is 0 Å². The molecule has 0 aliphatic heterocycles. The second-order valence-electron chi connectivity index (χ2n) is 4.34. The average molecular weight is 309 g/mol. The molecule has 1 amide bonds. The Morgan fingerprint density at radius 3 is 2.55 bits per heavy atom. The molecule has 104 valence electrons. The van der Waals surface area contributed by atoms with E-state index in [1.165, 1.54) is 6.20 Å². The Hall–Kier alpha value is -1.58. The van der Waals surface area contributed by atoms with Crippen molar-refractivity contribution in [3.63, 3.8) is 0 Å². The molecule has 0 spiro atoms. The molecule has 1 N–H and O–H groups in total. The number of benzene rings is 1. The minimum atomic E-state index is -0.232. The first-order valence-corrected chi connectivity index (χ1v) is 7.03. The smallest absolute Gasteiger partial charge is 0.254 e. The maximum absolute atomic E-state index is 12.2. The van der Waals surface area contributed by atoms with Gasteiger partial charge in [-0.05, 0) is 30.2 Å². The van der Waals surface area contributed by atoms with Crippen LogP contribution < -0.4 is 5.32 Å². The fraction of sp³-hybridized carbons (Fsp3) is 0.200. The lowest BCUT2D eigenvalue weighted by molar-refractivity contribution is 0.0935. The third kappa shape index (κ3) is 3.50. The molecule has 0 saturated heterocycles. The highest BCUT2D eigenvalue weighted by Gasteiger charge is 2.16. The lowest BCUT2D eigenvalue weighted by atomic mass is 10.0. The summed E-state index contributed by atoms with van der Waals surface area (Å²) in [6.07, 6.45) is 3.78. The largest absolute Gasteiger partial charge is 0.345 e. The van der Waals surface area contributed by atoms with Gasteiger partial charge in [-0.25, -0.2) is 0 Å². The fourth-order valence-corrected chi connectivity index (χ4v) is 2.21. The number of aromatic nitrogens is 1. The van der Waals surface area contributed by atoms with E-state index in [9.17, 15) is 4.79 Å². The summed E-state index contributed by atoms with van der Waals surface area (Å²) >= 11 is 11.9. The van der Waals surface area contributed by atoms with Crippen LogP contribution in [0.2, 0.25) is 10.0 Å². The van der Waals surface area contributed by atoms with Gasteiger partial charge in [0.15, 0.2) is 0 Å². The number of nitrogens with zero attached hydrogens (tertiary/aromatic N) is 1. The number of amides is 1. The van der Waals surface area contributed by atoms with Crippen molar-refractivity contribution in [3.8, 4) is 0 Å². The highest BCUT2D eigenvalue weighted by atomic mass is 35.5. The monoisotopic (exact) mass is 308 g/mol. The first-order valence-electron chi connectivity index (χ1n) is 6.27. The predicted molar refractivity (Wildman–Crippen MR) is 81.2 cm³/mol. The zero-order chi connectivity index (χ0) is 14.5. The summed E-state index contributed by atoms with van der Waals surface area (Å²) in [6, 6.07) is 8.94. The molecule has 0 aliphatic carbocycles. The van der Waals surface area contributed by atoms with Gasteiger partial charge in [-0.3, -0.25) is 9.78 Å². The van der Waals surface area contributed by atoms with Gasteiger partial charge in [0.05, 0.1) is 16.6 Å². The maximum atomic E-state index is 12.2. The topological polar surface area (TPSA) is 42.0 Å². The fourth-order valence-electron chi connectivity index (χ4n) is 1.90. The summed E-state index contributed by atoms with van der Waals surface area (Å²) in [4.78, 5) is 16.1. The number of rotatable bonds is 4. The molecule has 0 aliphatic rings. The molecule has 1 heterocycles. The lowest BCUT2D eigenvalue weighted by Gasteiger charge is -2.17. The first-order chi connectivity index (χ1) is 9.61. The molecule has 0 saturated carbocycles. The summed E-state index contributed by atoms with van der Waals surface area (Å²) < 4.78 is 0. The highest BCUT2D eigenvalue weighted by molar-refractivity contribution is 6.33. The molecular weight excluding hydrogens is 295 g/mol. The molecule has 5 heteroatoms. The number of halogens is 2. The summed E-state index contributed by atoms with van der Waals surface area (Å²) in [5, 5.41) is 4.02. The third-order valence-electron chi connectivity index (χ3n) is 3.00. The Balaban J connectivity index is 2.16. The molecule has 2 rings (SSSR count). The zero-order valence-electron chi connectivity index (χ0n) is 10.9. The van der Waals surface area contributed by atoms with E-state index in [2.05, 4.69) is 10.3 Å². The van der Waals surface area contributed by atoms with Crippen molar-refractivity contribution >= 4 is 29.1 Å². The molecule has 3 nitrogen and oxygen atoms in total. The van der Waals surface area contributed by atoms with Crippen molar-refractivity contribution in [2.75, 3.05) is 0 Å². The van der Waals surface area contributed by atoms with E-state index in [0.29, 0.717) is 15.6 Å². The van der Waals surface area contributed by atoms with Crippen LogP contribution in [0.15, 0.2) is 42.7 Å². The van der Waals surface area contributed by atoms with E-state index in [4.69, 9.17) is 23.2 Å². The van der Waals surface area contributed by atoms with E-state index >= 15 is 0 Å². The Bertz CT molecular complexity index is 599. The van der Waals surface area contributed by atoms with E-state index in [1.807, 2.05) is 31.2 Å². The molecule has 0 fully saturated rings. The van der Waals surface area contributed by atoms with Crippen LogP contribution in [0.3, 0.4) is 0 Å². The van der Waals surface area contributed by atoms with Crippen molar-refractivity contribution in [1.82, 2.24) is 10.3 Å². The number of nitrogens with one attached hydrogen (secondary N) is 1. The minimum absolute atomic E-state index is 0.0870. The van der Waals surface area contributed by atoms with Crippen molar-refractivity contribution in [3.05, 3.63) is 63.9 Å². The van der Waals surface area contributed by atoms with Crippen molar-refractivity contribution < 1.29 is 4.79 Å². The van der Waals surface area contributed by atoms with Crippen molar-refractivity contribution in [2.45, 2.75) is 19.4 Å². The molecule has 0 bridgehead atoms. The summed E-state index contributed by atoms with van der Waals surface area (Å²) in [6.45, 7) is 2.00. The van der Waals surface area contributed by atoms with Gasteiger partial charge in [-0.1, -0.05) is 42.3 Å². The van der Waals surface area contributed by atoms with Crippen LogP contribution in [0.1, 0.15) is 35.3 Å². The molecule has 20 heavy (non-hydrogen) atoms. The van der Waals surface area contributed by atoms with Gasteiger partial charge < -0.3 is 5.32 Å². The Kier molecular flexibility index (Phi) is 4.99. The number of carbonyl (C=O) groups excluding carboxylic acids is 1. The SMILES string of the molecule is CCC(NC(=O)c1cnccc1Cl)c1ccc(Cl)cc1. The molecule has 0 radical (unpaired) electrons. The Labute approximate surface area is 127 Å². The number of pyridine rings is 1. The minimum Gasteiger partial charge on any atom is -0.345 e. The summed E-state index contributed by atoms with van der Waals surface area (Å²) in [5.41, 5.74) is 1.38. The molecule has 1 atom stereocenters. The van der Waals surface area contributed by atoms with Gasteiger partial charge in [0.25, 0.3) is 5.91 Å². The van der Waals surface area contributed by atoms with Gasteiger partial charge in [-0.2, -0.15) is 0 Å². The Morgan fingerprint density at radius 2 is 1.95 bits per heavy atom. The molecule has 2 aromatic rings. The van der Waals surface area contributed by atoms with E-state index < -0.39 is 0 Å². The van der Waals surface area contributed by atoms with E-state index in [1.54, 1.807) is 12.3 Å². The first kappa shape index (κ1) is 14.8. The van der Waals surface area contributed by atoms with Crippen LogP contribution in [0, 0.1) is 0 Å². The molecule has 1 unspecified atom stereocenters. The molecule has 1 aromatic heterocycles. The zero-order valence-corrected chi connectivity index (χ0v) is 12.4. The quantitative estimate of drug-likeness (QED) is 0.916. The molecular formula is C15H14Cl2N2O. The van der Waals surface area contributed by atoms with Gasteiger partial charge in [0.2, 0.25) is 0 Å². The predicted octanol–water partition coefficient (Wildman–Crippen LogP) is 4.27. The van der Waals surface area contributed by atoms with E-state index in [-0.39, 0.29) is 11.9 Å². The number of hydrogen-bond acceptors (Lipinski definition) is 2. The van der Waals surface area contributed by atoms with Gasteiger partial charge in [0, 0.05) is 17.4 Å². The van der Waals surface area contributed by atoms with Crippen LogP contribution in [0.4, 0.5) is 0 Å². The summed E-state index contributed by atoms with van der Waals surface area (Å²) in [7, 11) is 0. The van der Waals surface area contributed by atoms with Crippen LogP contribution in [-0.2, 0) is 0 Å². The maximum Gasteiger partial charge on any atom is 0.254 e. The van der Waals surface area contributed by atoms with Gasteiger partial charge in [0.1, 0.15) is 0 Å². The summed E-state index contributed by atoms with van der Waals surface area (Å²) in [5.74, 6) is -0.232. The average Bonchev–Trinajstić information content (AvgIpc) is 2.46. The Morgan fingerprint density at radius 1 is 1.25 bits per heavy atom. The van der Waals surface area contributed by atoms with Gasteiger partial charge in [-0.15, -0.1) is 0 Å². The van der Waals surface area contributed by atoms with Crippen LogP contribution in [0.5, 0.6) is 0 Å². The number of hydrogen-bond donors (Lipinski definition) is 1. The molecule has 1 aromatic carbocycles. The van der Waals surface area contributed by atoms with Crippen LogP contribution >= 0.6 is 23.2 Å². The highest BCUT2D eigenvalue weighted by Crippen LogP contribution is 2.21. The van der Waals surface area contributed by atoms with Crippen molar-refractivity contribution in [2.24, 2.45) is 0 Å². The second-order valence-corrected chi connectivity index (χ2v) is 5.19. The normalized spacial score (nSPS) is 11.9. The van der Waals surface area contributed by atoms with Crippen LogP contribution in [-0.4, -0.2) is 10.9 Å². The lowest BCUT2D eigenvalue weighted by Crippen LogP contribution is -2.28. The van der Waals surface area contributed by atoms with Crippen LogP contribution in [0.25, 0.3) is 0 Å².